The predicted octanol–water partition coefficient (Wildman–Crippen LogP) is 1.31. The van der Waals surface area contributed by atoms with Gasteiger partial charge >= 0.3 is 0 Å². The summed E-state index contributed by atoms with van der Waals surface area (Å²) in [6.45, 7) is -4.69. The summed E-state index contributed by atoms with van der Waals surface area (Å²) in [4.78, 5) is 0. The second-order valence-electron chi connectivity index (χ2n) is 2.05. The van der Waals surface area contributed by atoms with Gasteiger partial charge in [-0.25, -0.2) is 5.11 Å². The summed E-state index contributed by atoms with van der Waals surface area (Å²) in [6.07, 6.45) is 0. The first-order valence-electron chi connectivity index (χ1n) is 2.50. The molecule has 0 aromatic carbocycles. The summed E-state index contributed by atoms with van der Waals surface area (Å²) < 4.78 is 34.9. The van der Waals surface area contributed by atoms with E-state index in [1.54, 1.807) is 0 Å². The van der Waals surface area contributed by atoms with Crippen molar-refractivity contribution in [2.24, 2.45) is 5.41 Å². The van der Waals surface area contributed by atoms with E-state index >= 15 is 0 Å². The Morgan fingerprint density at radius 2 is 1.33 bits per heavy atom. The van der Waals surface area contributed by atoms with Gasteiger partial charge in [0.05, 0.1) is 12.0 Å². The maximum absolute atomic E-state index is 11.6. The van der Waals surface area contributed by atoms with Crippen LogP contribution in [0.3, 0.4) is 0 Å². The van der Waals surface area contributed by atoms with Gasteiger partial charge in [0.1, 0.15) is 20.0 Å². The Bertz CT molecular complexity index is 55.1. The SMILES string of the molecule is [O]CC(CF)(CF)CF. The molecule has 0 saturated heterocycles. The quantitative estimate of drug-likeness (QED) is 0.562. The van der Waals surface area contributed by atoms with Crippen molar-refractivity contribution in [3.63, 3.8) is 0 Å². The number of alkyl halides is 3. The molecular weight excluding hydrogens is 133 g/mol. The lowest BCUT2D eigenvalue weighted by Crippen LogP contribution is -2.32. The van der Waals surface area contributed by atoms with Crippen molar-refractivity contribution in [2.75, 3.05) is 26.6 Å². The van der Waals surface area contributed by atoms with E-state index in [2.05, 4.69) is 0 Å². The first-order valence-corrected chi connectivity index (χ1v) is 2.50. The highest BCUT2D eigenvalue weighted by Gasteiger charge is 2.30. The number of rotatable bonds is 4. The molecule has 0 N–H and O–H groups in total. The minimum absolute atomic E-state index is 1.03. The van der Waals surface area contributed by atoms with Crippen LogP contribution >= 0.6 is 0 Å². The Hall–Kier alpha value is -0.250. The summed E-state index contributed by atoms with van der Waals surface area (Å²) in [5.74, 6) is 0. The molecule has 1 radical (unpaired) electrons. The van der Waals surface area contributed by atoms with Gasteiger partial charge in [0.25, 0.3) is 0 Å². The van der Waals surface area contributed by atoms with Gasteiger partial charge in [0, 0.05) is 0 Å². The molecule has 0 heterocycles. The molecule has 0 aromatic rings. The Morgan fingerprint density at radius 3 is 1.33 bits per heavy atom. The van der Waals surface area contributed by atoms with Gasteiger partial charge in [0.15, 0.2) is 0 Å². The molecule has 0 aromatic heterocycles. The minimum Gasteiger partial charge on any atom is -0.250 e. The molecule has 0 bridgehead atoms. The van der Waals surface area contributed by atoms with Crippen molar-refractivity contribution < 1.29 is 18.3 Å². The van der Waals surface area contributed by atoms with Gasteiger partial charge in [0.2, 0.25) is 0 Å². The third-order valence-corrected chi connectivity index (χ3v) is 1.16. The van der Waals surface area contributed by atoms with E-state index in [0.717, 1.165) is 0 Å². The van der Waals surface area contributed by atoms with Crippen LogP contribution in [0.1, 0.15) is 0 Å². The standard InChI is InChI=1S/C5H8F3O/c6-1-5(2-7,3-8)4-9/h1-4H2. The van der Waals surface area contributed by atoms with Crippen LogP contribution in [0.4, 0.5) is 13.2 Å². The van der Waals surface area contributed by atoms with Gasteiger partial charge in [-0.1, -0.05) is 0 Å². The molecule has 0 amide bonds. The van der Waals surface area contributed by atoms with Crippen LogP contribution in [0, 0.1) is 5.41 Å². The van der Waals surface area contributed by atoms with Gasteiger partial charge in [-0.3, -0.25) is 13.2 Å². The van der Waals surface area contributed by atoms with Crippen LogP contribution in [0.5, 0.6) is 0 Å². The highest BCUT2D eigenvalue weighted by atomic mass is 19.1. The molecule has 55 valence electrons. The van der Waals surface area contributed by atoms with E-state index in [1.165, 1.54) is 0 Å². The Balaban J connectivity index is 3.82. The number of hydrogen-bond acceptors (Lipinski definition) is 0. The topological polar surface area (TPSA) is 19.9 Å². The lowest BCUT2D eigenvalue weighted by molar-refractivity contribution is 0.0101. The zero-order valence-electron chi connectivity index (χ0n) is 4.87. The molecule has 0 saturated carbocycles. The molecule has 9 heavy (non-hydrogen) atoms. The molecule has 0 fully saturated rings. The van der Waals surface area contributed by atoms with Crippen molar-refractivity contribution in [1.82, 2.24) is 0 Å². The van der Waals surface area contributed by atoms with Crippen molar-refractivity contribution >= 4 is 0 Å². The van der Waals surface area contributed by atoms with Crippen LogP contribution in [0.2, 0.25) is 0 Å². The highest BCUT2D eigenvalue weighted by Crippen LogP contribution is 2.18. The van der Waals surface area contributed by atoms with Crippen molar-refractivity contribution in [2.45, 2.75) is 0 Å². The van der Waals surface area contributed by atoms with Gasteiger partial charge in [-0.05, 0) is 0 Å². The monoisotopic (exact) mass is 141 g/mol. The fourth-order valence-corrected chi connectivity index (χ4v) is 0.223. The fraction of sp³-hybridized carbons (Fsp3) is 1.00. The van der Waals surface area contributed by atoms with Crippen LogP contribution < -0.4 is 0 Å². The van der Waals surface area contributed by atoms with E-state index < -0.39 is 32.0 Å². The molecule has 4 heteroatoms. The Morgan fingerprint density at radius 1 is 1.00 bits per heavy atom. The molecule has 0 rings (SSSR count). The van der Waals surface area contributed by atoms with Crippen LogP contribution in [-0.2, 0) is 5.11 Å². The van der Waals surface area contributed by atoms with Gasteiger partial charge in [-0.15, -0.1) is 0 Å². The summed E-state index contributed by atoms with van der Waals surface area (Å²) in [5.41, 5.74) is -1.89. The third-order valence-electron chi connectivity index (χ3n) is 1.16. The highest BCUT2D eigenvalue weighted by molar-refractivity contribution is 4.75. The first kappa shape index (κ1) is 8.75. The normalized spacial score (nSPS) is 12.0. The lowest BCUT2D eigenvalue weighted by atomic mass is 9.95. The molecular formula is C5H8F3O. The smallest absolute Gasteiger partial charge is 0.102 e. The van der Waals surface area contributed by atoms with Gasteiger partial charge < -0.3 is 0 Å². The molecule has 1 nitrogen and oxygen atoms in total. The summed E-state index contributed by atoms with van der Waals surface area (Å²) in [6, 6.07) is 0. The molecule has 0 aliphatic carbocycles. The zero-order valence-corrected chi connectivity index (χ0v) is 4.87. The van der Waals surface area contributed by atoms with Gasteiger partial charge in [-0.2, -0.15) is 0 Å². The van der Waals surface area contributed by atoms with Crippen molar-refractivity contribution in [1.29, 1.82) is 0 Å². The average molecular weight is 141 g/mol. The summed E-state index contributed by atoms with van der Waals surface area (Å²) in [5, 5.41) is 9.93. The third kappa shape index (κ3) is 1.86. The van der Waals surface area contributed by atoms with E-state index in [4.69, 9.17) is 0 Å². The van der Waals surface area contributed by atoms with Crippen LogP contribution in [-0.4, -0.2) is 26.6 Å². The van der Waals surface area contributed by atoms with E-state index in [9.17, 15) is 18.3 Å². The molecule has 0 aliphatic heterocycles. The van der Waals surface area contributed by atoms with Crippen molar-refractivity contribution in [3.05, 3.63) is 0 Å². The second-order valence-corrected chi connectivity index (χ2v) is 2.05. The van der Waals surface area contributed by atoms with E-state index in [1.807, 2.05) is 0 Å². The lowest BCUT2D eigenvalue weighted by Gasteiger charge is -2.18. The minimum atomic E-state index is -1.89. The molecule has 0 aliphatic rings. The second kappa shape index (κ2) is 3.71. The predicted molar refractivity (Wildman–Crippen MR) is 25.9 cm³/mol. The molecule has 0 atom stereocenters. The van der Waals surface area contributed by atoms with Crippen LogP contribution in [0.15, 0.2) is 0 Å². The maximum Gasteiger partial charge on any atom is 0.102 e. The number of halogens is 3. The van der Waals surface area contributed by atoms with Crippen LogP contribution in [0.25, 0.3) is 0 Å². The van der Waals surface area contributed by atoms with E-state index in [0.29, 0.717) is 0 Å². The first-order chi connectivity index (χ1) is 4.24. The largest absolute Gasteiger partial charge is 0.250 e. The van der Waals surface area contributed by atoms with Crippen molar-refractivity contribution in [3.8, 4) is 0 Å². The summed E-state index contributed by atoms with van der Waals surface area (Å²) in [7, 11) is 0. The average Bonchev–Trinajstić information content (AvgIpc) is 1.95. The number of hydrogen-bond donors (Lipinski definition) is 0. The Kier molecular flexibility index (Phi) is 3.61. The molecule has 0 spiro atoms. The summed E-state index contributed by atoms with van der Waals surface area (Å²) >= 11 is 0. The van der Waals surface area contributed by atoms with E-state index in [-0.39, 0.29) is 0 Å². The zero-order chi connectivity index (χ0) is 7.33. The maximum atomic E-state index is 11.6. The molecule has 0 unspecified atom stereocenters. The fourth-order valence-electron chi connectivity index (χ4n) is 0.223. The Labute approximate surface area is 51.5 Å².